The Morgan fingerprint density at radius 1 is 1.06 bits per heavy atom. The van der Waals surface area contributed by atoms with E-state index in [1.54, 1.807) is 41.7 Å². The van der Waals surface area contributed by atoms with E-state index in [4.69, 9.17) is 4.74 Å². The molecule has 2 aromatic carbocycles. The van der Waals surface area contributed by atoms with Crippen LogP contribution in [0, 0.1) is 0 Å². The number of benzene rings is 2. The Hall–Kier alpha value is -3.87. The van der Waals surface area contributed by atoms with Crippen molar-refractivity contribution in [3.8, 4) is 5.75 Å². The topological polar surface area (TPSA) is 84.7 Å². The van der Waals surface area contributed by atoms with E-state index in [9.17, 15) is 14.7 Å². The molecule has 33 heavy (non-hydrogen) atoms. The molecule has 0 bridgehead atoms. The number of rotatable bonds is 9. The molecule has 170 valence electrons. The zero-order valence-electron chi connectivity index (χ0n) is 18.6. The highest BCUT2D eigenvalue weighted by atomic mass is 16.5. The van der Waals surface area contributed by atoms with Crippen LogP contribution in [0.1, 0.15) is 36.9 Å². The molecule has 1 saturated heterocycles. The Bertz CT molecular complexity index is 1120. The van der Waals surface area contributed by atoms with Gasteiger partial charge in [-0.15, -0.1) is 0 Å². The lowest BCUT2D eigenvalue weighted by Gasteiger charge is -2.25. The molecule has 1 fully saturated rings. The molecule has 1 aliphatic heterocycles. The Kier molecular flexibility index (Phi) is 6.88. The molecule has 4 rings (SSSR count). The largest absolute Gasteiger partial charge is 0.507 e. The lowest BCUT2D eigenvalue weighted by Crippen LogP contribution is -2.31. The fourth-order valence-corrected chi connectivity index (χ4v) is 4.02. The minimum absolute atomic E-state index is 0.107. The number of hydrogen-bond donors (Lipinski definition) is 1. The number of likely N-dealkylation sites (tertiary alicyclic amines) is 1. The number of carbonyl (C=O) groups is 2. The SMILES string of the molecule is CCCOc1ccc(/C(O)=C2/C(=O)C(=O)N(CCCn3ccnc3)C2c2ccccc2)cc1. The molecule has 3 aromatic rings. The Morgan fingerprint density at radius 3 is 2.48 bits per heavy atom. The van der Waals surface area contributed by atoms with E-state index in [1.807, 2.05) is 48.0 Å². The summed E-state index contributed by atoms with van der Waals surface area (Å²) in [4.78, 5) is 31.6. The number of aliphatic hydroxyl groups is 1. The van der Waals surface area contributed by atoms with Gasteiger partial charge < -0.3 is 19.3 Å². The predicted octanol–water partition coefficient (Wildman–Crippen LogP) is 4.18. The number of carbonyl (C=O) groups excluding carboxylic acids is 2. The van der Waals surface area contributed by atoms with Crippen LogP contribution in [0.5, 0.6) is 5.75 Å². The lowest BCUT2D eigenvalue weighted by atomic mass is 9.95. The summed E-state index contributed by atoms with van der Waals surface area (Å²) in [6.07, 6.45) is 6.82. The van der Waals surface area contributed by atoms with Crippen molar-refractivity contribution in [2.24, 2.45) is 0 Å². The van der Waals surface area contributed by atoms with Crippen LogP contribution in [-0.4, -0.2) is 44.4 Å². The van der Waals surface area contributed by atoms with Gasteiger partial charge in [-0.3, -0.25) is 9.59 Å². The number of ketones is 1. The summed E-state index contributed by atoms with van der Waals surface area (Å²) in [5, 5.41) is 11.1. The number of aryl methyl sites for hydroxylation is 1. The van der Waals surface area contributed by atoms with Gasteiger partial charge in [0.1, 0.15) is 11.5 Å². The van der Waals surface area contributed by atoms with Crippen molar-refractivity contribution in [3.63, 3.8) is 0 Å². The van der Waals surface area contributed by atoms with E-state index in [-0.39, 0.29) is 11.3 Å². The van der Waals surface area contributed by atoms with E-state index in [2.05, 4.69) is 4.98 Å². The van der Waals surface area contributed by atoms with Crippen molar-refractivity contribution in [2.75, 3.05) is 13.2 Å². The maximum absolute atomic E-state index is 13.1. The summed E-state index contributed by atoms with van der Waals surface area (Å²) in [7, 11) is 0. The third kappa shape index (κ3) is 4.82. The zero-order chi connectivity index (χ0) is 23.2. The van der Waals surface area contributed by atoms with Gasteiger partial charge in [0, 0.05) is 31.0 Å². The first-order chi connectivity index (χ1) is 16.1. The van der Waals surface area contributed by atoms with Gasteiger partial charge in [-0.05, 0) is 42.7 Å². The third-order valence-electron chi connectivity index (χ3n) is 5.63. The summed E-state index contributed by atoms with van der Waals surface area (Å²) in [6.45, 7) is 3.67. The van der Waals surface area contributed by atoms with Crippen molar-refractivity contribution in [1.82, 2.24) is 14.5 Å². The highest BCUT2D eigenvalue weighted by Crippen LogP contribution is 2.39. The fourth-order valence-electron chi connectivity index (χ4n) is 4.02. The van der Waals surface area contributed by atoms with Crippen molar-refractivity contribution < 1.29 is 19.4 Å². The van der Waals surface area contributed by atoms with Crippen LogP contribution in [0.25, 0.3) is 5.76 Å². The Morgan fingerprint density at radius 2 is 1.82 bits per heavy atom. The highest BCUT2D eigenvalue weighted by molar-refractivity contribution is 6.46. The summed E-state index contributed by atoms with van der Waals surface area (Å²) in [5.74, 6) is -0.761. The maximum Gasteiger partial charge on any atom is 0.295 e. The third-order valence-corrected chi connectivity index (χ3v) is 5.63. The number of nitrogens with zero attached hydrogens (tertiary/aromatic N) is 3. The molecule has 1 N–H and O–H groups in total. The van der Waals surface area contributed by atoms with Crippen LogP contribution >= 0.6 is 0 Å². The molecule has 0 spiro atoms. The van der Waals surface area contributed by atoms with Crippen LogP contribution in [0.15, 0.2) is 78.9 Å². The number of Topliss-reactive ketones (excluding diaryl/α,β-unsaturated/α-hetero) is 1. The van der Waals surface area contributed by atoms with Crippen LogP contribution in [0.2, 0.25) is 0 Å². The molecule has 1 unspecified atom stereocenters. The second-order valence-corrected chi connectivity index (χ2v) is 7.93. The van der Waals surface area contributed by atoms with Crippen molar-refractivity contribution in [3.05, 3.63) is 90.0 Å². The van der Waals surface area contributed by atoms with E-state index in [1.165, 1.54) is 0 Å². The van der Waals surface area contributed by atoms with Crippen LogP contribution in [-0.2, 0) is 16.1 Å². The molecule has 1 aliphatic rings. The quantitative estimate of drug-likeness (QED) is 0.303. The van der Waals surface area contributed by atoms with Gasteiger partial charge in [0.15, 0.2) is 0 Å². The van der Waals surface area contributed by atoms with Crippen molar-refractivity contribution in [1.29, 1.82) is 0 Å². The monoisotopic (exact) mass is 445 g/mol. The van der Waals surface area contributed by atoms with E-state index in [0.29, 0.717) is 37.4 Å². The first-order valence-corrected chi connectivity index (χ1v) is 11.1. The van der Waals surface area contributed by atoms with Gasteiger partial charge in [-0.25, -0.2) is 4.98 Å². The van der Waals surface area contributed by atoms with Crippen LogP contribution in [0.4, 0.5) is 0 Å². The van der Waals surface area contributed by atoms with Gasteiger partial charge >= 0.3 is 0 Å². The molecule has 7 nitrogen and oxygen atoms in total. The second-order valence-electron chi connectivity index (χ2n) is 7.93. The number of hydrogen-bond acceptors (Lipinski definition) is 5. The summed E-state index contributed by atoms with van der Waals surface area (Å²) in [6, 6.07) is 15.6. The molecular formula is C26H27N3O4. The second kappa shape index (κ2) is 10.2. The average molecular weight is 446 g/mol. The molecule has 1 aromatic heterocycles. The Balaban J connectivity index is 1.66. The minimum Gasteiger partial charge on any atom is -0.507 e. The molecule has 0 saturated carbocycles. The maximum atomic E-state index is 13.1. The minimum atomic E-state index is -0.671. The van der Waals surface area contributed by atoms with Gasteiger partial charge in [0.05, 0.1) is 24.5 Å². The molecule has 2 heterocycles. The van der Waals surface area contributed by atoms with Crippen molar-refractivity contribution >= 4 is 17.4 Å². The van der Waals surface area contributed by atoms with Crippen molar-refractivity contribution in [2.45, 2.75) is 32.4 Å². The Labute approximate surface area is 192 Å². The molecule has 1 atom stereocenters. The zero-order valence-corrected chi connectivity index (χ0v) is 18.6. The number of amides is 1. The first-order valence-electron chi connectivity index (χ1n) is 11.1. The van der Waals surface area contributed by atoms with E-state index >= 15 is 0 Å². The normalized spacial score (nSPS) is 17.5. The number of aliphatic hydroxyl groups excluding tert-OH is 1. The first kappa shape index (κ1) is 22.3. The van der Waals surface area contributed by atoms with Gasteiger partial charge in [-0.1, -0.05) is 37.3 Å². The fraction of sp³-hybridized carbons (Fsp3) is 0.269. The summed E-state index contributed by atoms with van der Waals surface area (Å²) >= 11 is 0. The van der Waals surface area contributed by atoms with E-state index in [0.717, 1.165) is 12.0 Å². The number of imidazole rings is 1. The molecule has 0 aliphatic carbocycles. The molecule has 1 amide bonds. The van der Waals surface area contributed by atoms with Crippen LogP contribution < -0.4 is 4.74 Å². The average Bonchev–Trinajstić information content (AvgIpc) is 3.45. The van der Waals surface area contributed by atoms with Gasteiger partial charge in [0.25, 0.3) is 11.7 Å². The van der Waals surface area contributed by atoms with Crippen LogP contribution in [0.3, 0.4) is 0 Å². The van der Waals surface area contributed by atoms with Gasteiger partial charge in [0.2, 0.25) is 0 Å². The van der Waals surface area contributed by atoms with E-state index < -0.39 is 17.7 Å². The molecule has 0 radical (unpaired) electrons. The van der Waals surface area contributed by atoms with Gasteiger partial charge in [-0.2, -0.15) is 0 Å². The lowest BCUT2D eigenvalue weighted by molar-refractivity contribution is -0.139. The molecular weight excluding hydrogens is 418 g/mol. The number of ether oxygens (including phenoxy) is 1. The smallest absolute Gasteiger partial charge is 0.295 e. The highest BCUT2D eigenvalue weighted by Gasteiger charge is 2.45. The summed E-state index contributed by atoms with van der Waals surface area (Å²) in [5.41, 5.74) is 1.36. The number of aromatic nitrogens is 2. The summed E-state index contributed by atoms with van der Waals surface area (Å²) < 4.78 is 7.53. The predicted molar refractivity (Wildman–Crippen MR) is 125 cm³/mol. The standard InChI is InChI=1S/C26H27N3O4/c1-2-17-33-21-11-9-20(10-12-21)24(30)22-23(19-7-4-3-5-8-19)29(26(32)25(22)31)15-6-14-28-16-13-27-18-28/h3-5,7-13,16,18,23,30H,2,6,14-15,17H2,1H3/b24-22-. The molecule has 7 heteroatoms.